The highest BCUT2D eigenvalue weighted by Crippen LogP contribution is 2.31. The van der Waals surface area contributed by atoms with Crippen LogP contribution in [0.25, 0.3) is 0 Å². The number of hydrogen-bond acceptors (Lipinski definition) is 2. The van der Waals surface area contributed by atoms with Crippen molar-refractivity contribution in [3.8, 4) is 0 Å². The quantitative estimate of drug-likeness (QED) is 0.813. The molecule has 1 aliphatic carbocycles. The number of carbonyl (C=O) groups excluding carboxylic acids is 2. The third-order valence-corrected chi connectivity index (χ3v) is 4.77. The molecule has 1 heterocycles. The van der Waals surface area contributed by atoms with E-state index in [1.165, 1.54) is 5.56 Å². The Labute approximate surface area is 137 Å². The smallest absolute Gasteiger partial charge is 0.349 e. The minimum absolute atomic E-state index is 0.0871. The normalized spacial score (nSPS) is 27.1. The minimum Gasteiger partial charge on any atom is -0.349 e. The Bertz CT molecular complexity index is 645. The number of benzene rings is 1. The van der Waals surface area contributed by atoms with Crippen LogP contribution in [0.2, 0.25) is 0 Å². The fraction of sp³-hybridized carbons (Fsp3) is 0.529. The molecule has 1 aromatic rings. The third kappa shape index (κ3) is 3.39. The molecule has 130 valence electrons. The molecular formula is C17H19F3N2O2. The van der Waals surface area contributed by atoms with Gasteiger partial charge in [-0.15, -0.1) is 0 Å². The van der Waals surface area contributed by atoms with Gasteiger partial charge in [0.25, 0.3) is 0 Å². The summed E-state index contributed by atoms with van der Waals surface area (Å²) in [5.74, 6) is -2.39. The first-order chi connectivity index (χ1) is 11.4. The summed E-state index contributed by atoms with van der Waals surface area (Å²) in [6, 6.07) is 5.74. The van der Waals surface area contributed by atoms with Crippen LogP contribution in [0.1, 0.15) is 42.9 Å². The van der Waals surface area contributed by atoms with Crippen molar-refractivity contribution in [3.05, 3.63) is 35.4 Å². The number of halogens is 3. The molecule has 2 N–H and O–H groups in total. The summed E-state index contributed by atoms with van der Waals surface area (Å²) in [5, 5.41) is 4.77. The molecule has 2 amide bonds. The van der Waals surface area contributed by atoms with Gasteiger partial charge in [-0.05, 0) is 43.2 Å². The summed E-state index contributed by atoms with van der Waals surface area (Å²) in [6.45, 7) is 0. The Balaban J connectivity index is 1.65. The number of fused-ring (bicyclic) bond motifs is 1. The number of piperidine rings is 1. The van der Waals surface area contributed by atoms with Crippen LogP contribution in [0.4, 0.5) is 13.2 Å². The van der Waals surface area contributed by atoms with Crippen LogP contribution in [0.15, 0.2) is 24.3 Å². The Morgan fingerprint density at radius 2 is 1.92 bits per heavy atom. The van der Waals surface area contributed by atoms with Crippen molar-refractivity contribution >= 4 is 11.8 Å². The molecule has 1 fully saturated rings. The van der Waals surface area contributed by atoms with Gasteiger partial charge in [-0.1, -0.05) is 24.3 Å². The summed E-state index contributed by atoms with van der Waals surface area (Å²) < 4.78 is 38.0. The van der Waals surface area contributed by atoms with E-state index < -0.39 is 30.0 Å². The van der Waals surface area contributed by atoms with Gasteiger partial charge in [-0.2, -0.15) is 13.2 Å². The molecule has 0 radical (unpaired) electrons. The third-order valence-electron chi connectivity index (χ3n) is 4.77. The molecule has 0 spiro atoms. The van der Waals surface area contributed by atoms with E-state index in [1.54, 1.807) is 0 Å². The van der Waals surface area contributed by atoms with E-state index >= 15 is 0 Å². The van der Waals surface area contributed by atoms with Crippen LogP contribution in [0.3, 0.4) is 0 Å². The molecule has 0 aromatic heterocycles. The van der Waals surface area contributed by atoms with E-state index in [1.807, 2.05) is 29.6 Å². The predicted molar refractivity (Wildman–Crippen MR) is 81.0 cm³/mol. The average Bonchev–Trinajstić information content (AvgIpc) is 2.54. The minimum atomic E-state index is -4.47. The first kappa shape index (κ1) is 16.8. The van der Waals surface area contributed by atoms with Crippen LogP contribution in [-0.4, -0.2) is 24.0 Å². The summed E-state index contributed by atoms with van der Waals surface area (Å²) >= 11 is 0. The van der Waals surface area contributed by atoms with Crippen LogP contribution >= 0.6 is 0 Å². The van der Waals surface area contributed by atoms with Gasteiger partial charge < -0.3 is 10.6 Å². The molecule has 7 heteroatoms. The first-order valence-electron chi connectivity index (χ1n) is 8.11. The number of alkyl halides is 3. The van der Waals surface area contributed by atoms with E-state index in [0.717, 1.165) is 24.8 Å². The van der Waals surface area contributed by atoms with E-state index in [2.05, 4.69) is 5.32 Å². The molecular weight excluding hydrogens is 321 g/mol. The van der Waals surface area contributed by atoms with Crippen molar-refractivity contribution in [3.63, 3.8) is 0 Å². The first-order valence-corrected chi connectivity index (χ1v) is 8.11. The molecule has 0 saturated carbocycles. The fourth-order valence-corrected chi connectivity index (χ4v) is 3.48. The zero-order valence-electron chi connectivity index (χ0n) is 13.0. The number of rotatable bonds is 2. The maximum atomic E-state index is 12.7. The molecule has 1 aromatic carbocycles. The lowest BCUT2D eigenvalue weighted by atomic mass is 9.86. The van der Waals surface area contributed by atoms with Gasteiger partial charge in [-0.25, -0.2) is 0 Å². The molecule has 1 saturated heterocycles. The van der Waals surface area contributed by atoms with Crippen LogP contribution in [0, 0.1) is 5.92 Å². The van der Waals surface area contributed by atoms with Crippen molar-refractivity contribution in [1.82, 2.24) is 10.6 Å². The lowest BCUT2D eigenvalue weighted by molar-refractivity contribution is -0.171. The van der Waals surface area contributed by atoms with Gasteiger partial charge in [0, 0.05) is 0 Å². The van der Waals surface area contributed by atoms with Gasteiger partial charge in [0.2, 0.25) is 11.8 Å². The lowest BCUT2D eigenvalue weighted by Gasteiger charge is -2.32. The topological polar surface area (TPSA) is 58.2 Å². The Hall–Kier alpha value is -2.05. The Morgan fingerprint density at radius 1 is 1.17 bits per heavy atom. The monoisotopic (exact) mass is 340 g/mol. The van der Waals surface area contributed by atoms with Crippen molar-refractivity contribution in [2.45, 2.75) is 50.4 Å². The number of amides is 2. The number of nitrogens with one attached hydrogen (secondary N) is 2. The largest absolute Gasteiger partial charge is 0.408 e. The highest BCUT2D eigenvalue weighted by Gasteiger charge is 2.46. The number of aryl methyl sites for hydroxylation is 1. The zero-order chi connectivity index (χ0) is 17.3. The van der Waals surface area contributed by atoms with Crippen LogP contribution in [0.5, 0.6) is 0 Å². The van der Waals surface area contributed by atoms with Crippen LogP contribution < -0.4 is 10.6 Å². The second-order valence-corrected chi connectivity index (χ2v) is 6.38. The molecule has 3 atom stereocenters. The van der Waals surface area contributed by atoms with E-state index in [0.29, 0.717) is 0 Å². The molecule has 1 aliphatic heterocycles. The summed E-state index contributed by atoms with van der Waals surface area (Å²) in [6.07, 6.45) is -2.19. The van der Waals surface area contributed by atoms with Gasteiger partial charge in [0.05, 0.1) is 6.04 Å². The SMILES string of the molecule is O=C(NC1CCCc2ccccc21)C1CCC(C(F)(F)F)NC1=O. The van der Waals surface area contributed by atoms with Crippen LogP contribution in [-0.2, 0) is 16.0 Å². The van der Waals surface area contributed by atoms with Gasteiger partial charge in [0.15, 0.2) is 0 Å². The molecule has 3 rings (SSSR count). The van der Waals surface area contributed by atoms with Gasteiger partial charge in [0.1, 0.15) is 12.0 Å². The molecule has 24 heavy (non-hydrogen) atoms. The van der Waals surface area contributed by atoms with Crippen molar-refractivity contribution in [2.75, 3.05) is 0 Å². The predicted octanol–water partition coefficient (Wildman–Crippen LogP) is 2.64. The standard InChI is InChI=1S/C17H19F3N2O2/c18-17(19,20)14-9-8-12(16(24)22-14)15(23)21-13-7-3-5-10-4-1-2-6-11(10)13/h1-2,4,6,12-14H,3,5,7-9H2,(H,21,23)(H,22,24). The van der Waals surface area contributed by atoms with Crippen molar-refractivity contribution in [1.29, 1.82) is 0 Å². The highest BCUT2D eigenvalue weighted by atomic mass is 19.4. The number of carbonyl (C=O) groups is 2. The maximum Gasteiger partial charge on any atom is 0.408 e. The van der Waals surface area contributed by atoms with Gasteiger partial charge >= 0.3 is 6.18 Å². The van der Waals surface area contributed by atoms with Crippen molar-refractivity contribution in [2.24, 2.45) is 5.92 Å². The zero-order valence-corrected chi connectivity index (χ0v) is 13.0. The molecule has 2 aliphatic rings. The Morgan fingerprint density at radius 3 is 2.62 bits per heavy atom. The van der Waals surface area contributed by atoms with E-state index in [-0.39, 0.29) is 18.9 Å². The second kappa shape index (κ2) is 6.45. The number of hydrogen-bond donors (Lipinski definition) is 2. The molecule has 0 bridgehead atoms. The highest BCUT2D eigenvalue weighted by molar-refractivity contribution is 6.01. The van der Waals surface area contributed by atoms with E-state index in [9.17, 15) is 22.8 Å². The average molecular weight is 340 g/mol. The summed E-state index contributed by atoms with van der Waals surface area (Å²) in [4.78, 5) is 24.3. The Kier molecular flexibility index (Phi) is 4.51. The fourth-order valence-electron chi connectivity index (χ4n) is 3.48. The molecule has 3 unspecified atom stereocenters. The maximum absolute atomic E-state index is 12.7. The lowest BCUT2D eigenvalue weighted by Crippen LogP contribution is -2.54. The van der Waals surface area contributed by atoms with Crippen molar-refractivity contribution < 1.29 is 22.8 Å². The van der Waals surface area contributed by atoms with Gasteiger partial charge in [-0.3, -0.25) is 9.59 Å². The summed E-state index contributed by atoms with van der Waals surface area (Å²) in [5.41, 5.74) is 2.20. The molecule has 4 nitrogen and oxygen atoms in total. The second-order valence-electron chi connectivity index (χ2n) is 6.38. The summed E-state index contributed by atoms with van der Waals surface area (Å²) in [7, 11) is 0. The van der Waals surface area contributed by atoms with E-state index in [4.69, 9.17) is 0 Å².